The van der Waals surface area contributed by atoms with E-state index >= 15 is 0 Å². The number of hydrogen-bond donors (Lipinski definition) is 3. The second-order valence-electron chi connectivity index (χ2n) is 6.46. The van der Waals surface area contributed by atoms with E-state index in [2.05, 4.69) is 10.6 Å². The van der Waals surface area contributed by atoms with Crippen molar-refractivity contribution in [2.75, 3.05) is 32.7 Å². The van der Waals surface area contributed by atoms with Crippen LogP contribution in [0.5, 0.6) is 0 Å². The molecule has 7 heteroatoms. The van der Waals surface area contributed by atoms with Gasteiger partial charge >= 0.3 is 0 Å². The first-order valence-electron chi connectivity index (χ1n) is 8.46. The molecule has 7 nitrogen and oxygen atoms in total. The lowest BCUT2D eigenvalue weighted by molar-refractivity contribution is -0.135. The molecule has 0 aromatic heterocycles. The highest BCUT2D eigenvalue weighted by Crippen LogP contribution is 2.17. The SMILES string of the molecule is CC(C)CC(=O)NCCC(=O)N1CCCC(C(=O)NCCN)C1. The topological polar surface area (TPSA) is 105 Å². The van der Waals surface area contributed by atoms with Crippen molar-refractivity contribution >= 4 is 17.7 Å². The van der Waals surface area contributed by atoms with Gasteiger partial charge in [0.1, 0.15) is 0 Å². The van der Waals surface area contributed by atoms with Crippen LogP contribution in [-0.4, -0.2) is 55.3 Å². The molecular formula is C16H30N4O3. The molecule has 23 heavy (non-hydrogen) atoms. The molecule has 1 rings (SSSR count). The molecule has 0 bridgehead atoms. The van der Waals surface area contributed by atoms with Gasteiger partial charge in [-0.2, -0.15) is 0 Å². The second-order valence-corrected chi connectivity index (χ2v) is 6.46. The maximum absolute atomic E-state index is 12.2. The first kappa shape index (κ1) is 19.4. The van der Waals surface area contributed by atoms with Gasteiger partial charge in [0.2, 0.25) is 17.7 Å². The van der Waals surface area contributed by atoms with Gasteiger partial charge in [0.25, 0.3) is 0 Å². The summed E-state index contributed by atoms with van der Waals surface area (Å²) in [6.45, 7) is 6.32. The van der Waals surface area contributed by atoms with Crippen molar-refractivity contribution in [2.45, 2.75) is 39.5 Å². The largest absolute Gasteiger partial charge is 0.356 e. The van der Waals surface area contributed by atoms with E-state index in [9.17, 15) is 14.4 Å². The fraction of sp³-hybridized carbons (Fsp3) is 0.812. The minimum Gasteiger partial charge on any atom is -0.356 e. The lowest BCUT2D eigenvalue weighted by Gasteiger charge is -2.32. The summed E-state index contributed by atoms with van der Waals surface area (Å²) in [7, 11) is 0. The first-order valence-corrected chi connectivity index (χ1v) is 8.46. The minimum atomic E-state index is -0.158. The molecule has 0 spiro atoms. The normalized spacial score (nSPS) is 17.9. The molecule has 1 fully saturated rings. The number of piperidine rings is 1. The molecule has 0 aromatic carbocycles. The van der Waals surface area contributed by atoms with E-state index in [4.69, 9.17) is 5.73 Å². The summed E-state index contributed by atoms with van der Waals surface area (Å²) in [5.41, 5.74) is 5.38. The van der Waals surface area contributed by atoms with Crippen molar-refractivity contribution in [3.63, 3.8) is 0 Å². The number of carbonyl (C=O) groups is 3. The van der Waals surface area contributed by atoms with Crippen molar-refractivity contribution in [1.29, 1.82) is 0 Å². The van der Waals surface area contributed by atoms with E-state index in [1.165, 1.54) is 0 Å². The Labute approximate surface area is 138 Å². The van der Waals surface area contributed by atoms with Crippen molar-refractivity contribution in [1.82, 2.24) is 15.5 Å². The van der Waals surface area contributed by atoms with Crippen LogP contribution in [-0.2, 0) is 14.4 Å². The molecule has 1 aliphatic heterocycles. The molecule has 1 aliphatic rings. The number of nitrogens with zero attached hydrogens (tertiary/aromatic N) is 1. The van der Waals surface area contributed by atoms with E-state index < -0.39 is 0 Å². The van der Waals surface area contributed by atoms with Crippen molar-refractivity contribution in [3.05, 3.63) is 0 Å². The Kier molecular flexibility index (Phi) is 8.61. The summed E-state index contributed by atoms with van der Waals surface area (Å²) >= 11 is 0. The molecule has 132 valence electrons. The Balaban J connectivity index is 2.32. The average molecular weight is 326 g/mol. The van der Waals surface area contributed by atoms with E-state index in [0.717, 1.165) is 12.8 Å². The monoisotopic (exact) mass is 326 g/mol. The lowest BCUT2D eigenvalue weighted by Crippen LogP contribution is -2.46. The molecule has 3 amide bonds. The fourth-order valence-electron chi connectivity index (χ4n) is 2.67. The quantitative estimate of drug-likeness (QED) is 0.577. The molecule has 0 saturated carbocycles. The van der Waals surface area contributed by atoms with Crippen LogP contribution in [0.4, 0.5) is 0 Å². The zero-order chi connectivity index (χ0) is 17.2. The summed E-state index contributed by atoms with van der Waals surface area (Å²) in [5.74, 6) is 0.0882. The van der Waals surface area contributed by atoms with Crippen LogP contribution in [0.3, 0.4) is 0 Å². The van der Waals surface area contributed by atoms with Crippen LogP contribution in [0.15, 0.2) is 0 Å². The van der Waals surface area contributed by atoms with Crippen LogP contribution < -0.4 is 16.4 Å². The van der Waals surface area contributed by atoms with E-state index in [1.807, 2.05) is 13.8 Å². The number of carbonyl (C=O) groups excluding carboxylic acids is 3. The number of nitrogens with two attached hydrogens (primary N) is 1. The van der Waals surface area contributed by atoms with Crippen molar-refractivity contribution < 1.29 is 14.4 Å². The third-order valence-corrected chi connectivity index (χ3v) is 3.84. The van der Waals surface area contributed by atoms with Crippen molar-refractivity contribution in [3.8, 4) is 0 Å². The third kappa shape index (κ3) is 7.45. The smallest absolute Gasteiger partial charge is 0.224 e. The van der Waals surface area contributed by atoms with E-state index in [-0.39, 0.29) is 30.1 Å². The molecule has 1 unspecified atom stereocenters. The maximum Gasteiger partial charge on any atom is 0.224 e. The molecule has 0 aliphatic carbocycles. The summed E-state index contributed by atoms with van der Waals surface area (Å²) in [6, 6.07) is 0. The maximum atomic E-state index is 12.2. The molecule has 0 radical (unpaired) electrons. The minimum absolute atomic E-state index is 0.00817. The first-order chi connectivity index (χ1) is 10.9. The molecular weight excluding hydrogens is 296 g/mol. The second kappa shape index (κ2) is 10.2. The van der Waals surface area contributed by atoms with Crippen LogP contribution in [0.1, 0.15) is 39.5 Å². The zero-order valence-corrected chi connectivity index (χ0v) is 14.3. The van der Waals surface area contributed by atoms with Crippen molar-refractivity contribution in [2.24, 2.45) is 17.6 Å². The Morgan fingerprint density at radius 1 is 1.22 bits per heavy atom. The lowest BCUT2D eigenvalue weighted by atomic mass is 9.97. The average Bonchev–Trinajstić information content (AvgIpc) is 2.51. The van der Waals surface area contributed by atoms with Gasteiger partial charge < -0.3 is 21.3 Å². The molecule has 1 atom stereocenters. The zero-order valence-electron chi connectivity index (χ0n) is 14.3. The third-order valence-electron chi connectivity index (χ3n) is 3.84. The summed E-state index contributed by atoms with van der Waals surface area (Å²) < 4.78 is 0. The number of likely N-dealkylation sites (tertiary alicyclic amines) is 1. The number of nitrogens with one attached hydrogen (secondary N) is 2. The summed E-state index contributed by atoms with van der Waals surface area (Å²) in [5, 5.41) is 5.55. The number of hydrogen-bond acceptors (Lipinski definition) is 4. The molecule has 1 saturated heterocycles. The highest BCUT2D eigenvalue weighted by atomic mass is 16.2. The Hall–Kier alpha value is -1.63. The molecule has 4 N–H and O–H groups in total. The Bertz CT molecular complexity index is 412. The van der Waals surface area contributed by atoms with Gasteiger partial charge in [-0.15, -0.1) is 0 Å². The van der Waals surface area contributed by atoms with Gasteiger partial charge in [-0.1, -0.05) is 13.8 Å². The predicted molar refractivity (Wildman–Crippen MR) is 88.4 cm³/mol. The predicted octanol–water partition coefficient (Wildman–Crippen LogP) is -0.148. The van der Waals surface area contributed by atoms with E-state index in [1.54, 1.807) is 4.90 Å². The van der Waals surface area contributed by atoms with Gasteiger partial charge in [0.15, 0.2) is 0 Å². The van der Waals surface area contributed by atoms with Crippen LogP contribution in [0.25, 0.3) is 0 Å². The summed E-state index contributed by atoms with van der Waals surface area (Å²) in [6.07, 6.45) is 2.37. The van der Waals surface area contributed by atoms with Gasteiger partial charge in [-0.25, -0.2) is 0 Å². The number of rotatable bonds is 8. The summed E-state index contributed by atoms with van der Waals surface area (Å²) in [4.78, 5) is 37.5. The fourth-order valence-corrected chi connectivity index (χ4v) is 2.67. The number of amides is 3. The molecule has 1 heterocycles. The Morgan fingerprint density at radius 3 is 2.61 bits per heavy atom. The van der Waals surface area contributed by atoms with Gasteiger partial charge in [-0.3, -0.25) is 14.4 Å². The Morgan fingerprint density at radius 2 is 1.96 bits per heavy atom. The highest BCUT2D eigenvalue weighted by Gasteiger charge is 2.27. The van der Waals surface area contributed by atoms with Crippen LogP contribution in [0.2, 0.25) is 0 Å². The van der Waals surface area contributed by atoms with Gasteiger partial charge in [0.05, 0.1) is 5.92 Å². The van der Waals surface area contributed by atoms with Crippen LogP contribution in [0, 0.1) is 11.8 Å². The van der Waals surface area contributed by atoms with Gasteiger partial charge in [-0.05, 0) is 18.8 Å². The standard InChI is InChI=1S/C16H30N4O3/c1-12(2)10-14(21)18-7-5-15(22)20-9-3-4-13(11-20)16(23)19-8-6-17/h12-13H,3-11,17H2,1-2H3,(H,18,21)(H,19,23). The highest BCUT2D eigenvalue weighted by molar-refractivity contribution is 5.82. The van der Waals surface area contributed by atoms with Crippen LogP contribution >= 0.6 is 0 Å². The van der Waals surface area contributed by atoms with E-state index in [0.29, 0.717) is 45.1 Å². The van der Waals surface area contributed by atoms with Gasteiger partial charge in [0, 0.05) is 45.6 Å². The molecule has 0 aromatic rings.